The van der Waals surface area contributed by atoms with Crippen LogP contribution in [-0.2, 0) is 0 Å². The Morgan fingerprint density at radius 1 is 1.23 bits per heavy atom. The molecule has 6 nitrogen and oxygen atoms in total. The van der Waals surface area contributed by atoms with E-state index in [4.69, 9.17) is 11.6 Å². The van der Waals surface area contributed by atoms with Gasteiger partial charge in [-0.2, -0.15) is 0 Å². The molecule has 1 saturated heterocycles. The molecule has 7 heteroatoms. The lowest BCUT2D eigenvalue weighted by Gasteiger charge is -2.32. The van der Waals surface area contributed by atoms with Crippen molar-refractivity contribution >= 4 is 23.5 Å². The van der Waals surface area contributed by atoms with Crippen molar-refractivity contribution in [2.45, 2.75) is 32.2 Å². The predicted molar refractivity (Wildman–Crippen MR) is 108 cm³/mol. The molecule has 26 heavy (non-hydrogen) atoms. The zero-order valence-corrected chi connectivity index (χ0v) is 16.5. The Balaban J connectivity index is 1.66. The maximum absolute atomic E-state index is 12.1. The Labute approximate surface area is 161 Å². The quantitative estimate of drug-likeness (QED) is 0.385. The van der Waals surface area contributed by atoms with E-state index in [1.807, 2.05) is 6.07 Å². The van der Waals surface area contributed by atoms with Crippen LogP contribution < -0.4 is 16.0 Å². The predicted octanol–water partition coefficient (Wildman–Crippen LogP) is 2.11. The number of halogens is 1. The lowest BCUT2D eigenvalue weighted by Crippen LogP contribution is -2.49. The highest BCUT2D eigenvalue weighted by molar-refractivity contribution is 6.33. The fraction of sp³-hybridized carbons (Fsp3) is 0.579. The summed E-state index contributed by atoms with van der Waals surface area (Å²) in [4.78, 5) is 18.9. The van der Waals surface area contributed by atoms with E-state index in [0.29, 0.717) is 29.7 Å². The molecular weight excluding hydrogens is 350 g/mol. The van der Waals surface area contributed by atoms with Crippen molar-refractivity contribution in [3.05, 3.63) is 34.9 Å². The van der Waals surface area contributed by atoms with Gasteiger partial charge < -0.3 is 20.9 Å². The van der Waals surface area contributed by atoms with E-state index in [2.05, 4.69) is 32.8 Å². The SMILES string of the molecule is CCCN1CCC(NC(=NC)NCCNC(=O)c2ccccc2Cl)CC1. The largest absolute Gasteiger partial charge is 0.355 e. The van der Waals surface area contributed by atoms with Gasteiger partial charge in [-0.25, -0.2) is 0 Å². The first kappa shape index (κ1) is 20.5. The molecule has 0 aliphatic carbocycles. The smallest absolute Gasteiger partial charge is 0.252 e. The van der Waals surface area contributed by atoms with Gasteiger partial charge in [-0.15, -0.1) is 0 Å². The first-order valence-electron chi connectivity index (χ1n) is 9.36. The minimum atomic E-state index is -0.163. The first-order valence-corrected chi connectivity index (χ1v) is 9.74. The van der Waals surface area contributed by atoms with E-state index in [1.54, 1.807) is 25.2 Å². The maximum atomic E-state index is 12.1. The molecule has 1 aromatic carbocycles. The zero-order valence-electron chi connectivity index (χ0n) is 15.7. The van der Waals surface area contributed by atoms with Crippen LogP contribution in [0, 0.1) is 0 Å². The van der Waals surface area contributed by atoms with Crippen molar-refractivity contribution in [1.82, 2.24) is 20.9 Å². The highest BCUT2D eigenvalue weighted by atomic mass is 35.5. The highest BCUT2D eigenvalue weighted by Crippen LogP contribution is 2.14. The molecule has 0 unspecified atom stereocenters. The second-order valence-corrected chi connectivity index (χ2v) is 6.90. The van der Waals surface area contributed by atoms with Gasteiger partial charge in [-0.05, 0) is 37.9 Å². The fourth-order valence-electron chi connectivity index (χ4n) is 3.10. The van der Waals surface area contributed by atoms with E-state index in [9.17, 15) is 4.79 Å². The molecule has 0 radical (unpaired) electrons. The van der Waals surface area contributed by atoms with Crippen LogP contribution >= 0.6 is 11.6 Å². The lowest BCUT2D eigenvalue weighted by molar-refractivity contribution is 0.0954. The van der Waals surface area contributed by atoms with Crippen LogP contribution in [0.2, 0.25) is 5.02 Å². The molecule has 0 spiro atoms. The number of piperidine rings is 1. The van der Waals surface area contributed by atoms with E-state index >= 15 is 0 Å². The van der Waals surface area contributed by atoms with Crippen molar-refractivity contribution in [2.24, 2.45) is 4.99 Å². The number of aliphatic imine (C=N–C) groups is 1. The third kappa shape index (κ3) is 6.50. The second kappa shape index (κ2) is 11.0. The van der Waals surface area contributed by atoms with Gasteiger partial charge in [0.25, 0.3) is 5.91 Å². The molecule has 0 aromatic heterocycles. The van der Waals surface area contributed by atoms with Crippen LogP contribution in [0.25, 0.3) is 0 Å². The van der Waals surface area contributed by atoms with Crippen LogP contribution in [0.3, 0.4) is 0 Å². The van der Waals surface area contributed by atoms with E-state index in [0.717, 1.165) is 31.9 Å². The molecule has 1 aliphatic rings. The molecule has 1 amide bonds. The van der Waals surface area contributed by atoms with Crippen molar-refractivity contribution in [3.63, 3.8) is 0 Å². The Bertz CT molecular complexity index is 599. The van der Waals surface area contributed by atoms with Gasteiger partial charge in [-0.1, -0.05) is 30.7 Å². The second-order valence-electron chi connectivity index (χ2n) is 6.49. The van der Waals surface area contributed by atoms with Gasteiger partial charge in [0.15, 0.2) is 5.96 Å². The highest BCUT2D eigenvalue weighted by Gasteiger charge is 2.19. The first-order chi connectivity index (χ1) is 12.6. The molecule has 144 valence electrons. The normalized spacial score (nSPS) is 16.3. The van der Waals surface area contributed by atoms with Crippen molar-refractivity contribution in [1.29, 1.82) is 0 Å². The number of nitrogens with one attached hydrogen (secondary N) is 3. The summed E-state index contributed by atoms with van der Waals surface area (Å²) in [5, 5.41) is 10.1. The number of nitrogens with zero attached hydrogens (tertiary/aromatic N) is 2. The standard InChI is InChI=1S/C19H30ClN5O/c1-3-12-25-13-8-15(9-14-25)24-19(21-2)23-11-10-22-18(26)16-6-4-5-7-17(16)20/h4-7,15H,3,8-14H2,1-2H3,(H,22,26)(H2,21,23,24). The number of likely N-dealkylation sites (tertiary alicyclic amines) is 1. The molecule has 0 atom stereocenters. The summed E-state index contributed by atoms with van der Waals surface area (Å²) >= 11 is 6.03. The van der Waals surface area contributed by atoms with Crippen LogP contribution in [0.15, 0.2) is 29.3 Å². The molecule has 3 N–H and O–H groups in total. The molecular formula is C19H30ClN5O. The summed E-state index contributed by atoms with van der Waals surface area (Å²) in [7, 11) is 1.77. The molecule has 1 aliphatic heterocycles. The molecule has 0 bridgehead atoms. The van der Waals surface area contributed by atoms with Crippen LogP contribution in [0.5, 0.6) is 0 Å². The van der Waals surface area contributed by atoms with Crippen molar-refractivity contribution in [2.75, 3.05) is 39.8 Å². The Morgan fingerprint density at radius 3 is 2.58 bits per heavy atom. The number of benzene rings is 1. The Kier molecular flexibility index (Phi) is 8.71. The lowest BCUT2D eigenvalue weighted by atomic mass is 10.1. The summed E-state index contributed by atoms with van der Waals surface area (Å²) < 4.78 is 0. The maximum Gasteiger partial charge on any atom is 0.252 e. The summed E-state index contributed by atoms with van der Waals surface area (Å²) in [6, 6.07) is 7.50. The number of amides is 1. The topological polar surface area (TPSA) is 68.8 Å². The fourth-order valence-corrected chi connectivity index (χ4v) is 3.32. The molecule has 1 fully saturated rings. The van der Waals surface area contributed by atoms with Crippen LogP contribution in [0.1, 0.15) is 36.5 Å². The molecule has 2 rings (SSSR count). The Hall–Kier alpha value is -1.79. The minimum absolute atomic E-state index is 0.163. The summed E-state index contributed by atoms with van der Waals surface area (Å²) in [6.07, 6.45) is 3.47. The van der Waals surface area contributed by atoms with Gasteiger partial charge in [0.2, 0.25) is 0 Å². The number of carbonyl (C=O) groups is 1. The van der Waals surface area contributed by atoms with Crippen LogP contribution in [0.4, 0.5) is 0 Å². The average molecular weight is 380 g/mol. The summed E-state index contributed by atoms with van der Waals surface area (Å²) in [5.74, 6) is 0.620. The third-order valence-electron chi connectivity index (χ3n) is 4.51. The number of guanidine groups is 1. The van der Waals surface area contributed by atoms with Crippen molar-refractivity contribution < 1.29 is 4.79 Å². The van der Waals surface area contributed by atoms with Gasteiger partial charge in [-0.3, -0.25) is 9.79 Å². The molecule has 1 heterocycles. The average Bonchev–Trinajstić information content (AvgIpc) is 2.66. The van der Waals surface area contributed by atoms with Gasteiger partial charge in [0, 0.05) is 39.3 Å². The van der Waals surface area contributed by atoms with Crippen molar-refractivity contribution in [3.8, 4) is 0 Å². The van der Waals surface area contributed by atoms with E-state index in [1.165, 1.54) is 13.0 Å². The summed E-state index contributed by atoms with van der Waals surface area (Å²) in [5.41, 5.74) is 0.496. The van der Waals surface area contributed by atoms with Crippen LogP contribution in [-0.4, -0.2) is 62.6 Å². The Morgan fingerprint density at radius 2 is 1.92 bits per heavy atom. The zero-order chi connectivity index (χ0) is 18.8. The van der Waals surface area contributed by atoms with Gasteiger partial charge >= 0.3 is 0 Å². The van der Waals surface area contributed by atoms with E-state index in [-0.39, 0.29) is 5.91 Å². The van der Waals surface area contributed by atoms with Gasteiger partial charge in [0.1, 0.15) is 0 Å². The summed E-state index contributed by atoms with van der Waals surface area (Å²) in [6.45, 7) is 6.78. The van der Waals surface area contributed by atoms with Gasteiger partial charge in [0.05, 0.1) is 10.6 Å². The number of hydrogen-bond acceptors (Lipinski definition) is 3. The molecule has 1 aromatic rings. The number of rotatable bonds is 7. The monoisotopic (exact) mass is 379 g/mol. The number of carbonyl (C=O) groups excluding carboxylic acids is 1. The molecule has 0 saturated carbocycles. The third-order valence-corrected chi connectivity index (χ3v) is 4.84. The minimum Gasteiger partial charge on any atom is -0.355 e. The number of hydrogen-bond donors (Lipinski definition) is 3. The van der Waals surface area contributed by atoms with E-state index < -0.39 is 0 Å².